The first-order chi connectivity index (χ1) is 9.58. The highest BCUT2D eigenvalue weighted by molar-refractivity contribution is 8.14. The molecule has 2 rings (SSSR count). The average molecular weight is 304 g/mol. The van der Waals surface area contributed by atoms with Gasteiger partial charge in [0.1, 0.15) is 23.7 Å². The summed E-state index contributed by atoms with van der Waals surface area (Å²) in [5.41, 5.74) is -0.321. The highest BCUT2D eigenvalue weighted by atomic mass is 32.2. The smallest absolute Gasteiger partial charge is 0.159 e. The number of fused-ring (bicyclic) bond motifs is 1. The molecule has 20 heavy (non-hydrogen) atoms. The van der Waals surface area contributed by atoms with Gasteiger partial charge >= 0.3 is 0 Å². The average Bonchev–Trinajstić information content (AvgIpc) is 2.86. The second-order valence-electron chi connectivity index (χ2n) is 5.33. The van der Waals surface area contributed by atoms with Crippen LogP contribution in [-0.2, 0) is 4.74 Å². The molecule has 6 unspecified atom stereocenters. The van der Waals surface area contributed by atoms with Gasteiger partial charge in [-0.05, 0) is 6.42 Å². The van der Waals surface area contributed by atoms with E-state index in [2.05, 4.69) is 17.2 Å². The number of thioether (sulfide) groups is 1. The molecule has 0 aromatic heterocycles. The van der Waals surface area contributed by atoms with Crippen molar-refractivity contribution in [2.45, 2.75) is 68.5 Å². The van der Waals surface area contributed by atoms with Gasteiger partial charge in [0.05, 0.1) is 12.1 Å². The number of nitrogens with zero attached hydrogens (tertiary/aromatic N) is 1. The number of nitrogens with one attached hydrogen (secondary N) is 1. The van der Waals surface area contributed by atoms with Gasteiger partial charge in [-0.3, -0.25) is 4.99 Å². The molecule has 4 N–H and O–H groups in total. The molecular formula is C13H24N2O4S. The van der Waals surface area contributed by atoms with Crippen LogP contribution in [0.15, 0.2) is 4.99 Å². The van der Waals surface area contributed by atoms with Crippen LogP contribution in [0.4, 0.5) is 0 Å². The lowest BCUT2D eigenvalue weighted by atomic mass is 9.92. The fourth-order valence-corrected chi connectivity index (χ4v) is 3.72. The maximum Gasteiger partial charge on any atom is 0.159 e. The molecule has 6 nitrogen and oxygen atoms in total. The van der Waals surface area contributed by atoms with E-state index < -0.39 is 24.4 Å². The molecule has 0 aliphatic carbocycles. The van der Waals surface area contributed by atoms with E-state index in [1.54, 1.807) is 7.05 Å². The number of hydrogen-bond donors (Lipinski definition) is 4. The van der Waals surface area contributed by atoms with E-state index in [9.17, 15) is 15.3 Å². The lowest BCUT2D eigenvalue weighted by Crippen LogP contribution is -2.61. The Balaban J connectivity index is 1.98. The maximum absolute atomic E-state index is 10.2. The molecule has 0 spiro atoms. The zero-order chi connectivity index (χ0) is 14.7. The van der Waals surface area contributed by atoms with E-state index in [0.29, 0.717) is 11.6 Å². The first kappa shape index (κ1) is 16.0. The molecule has 7 heteroatoms. The summed E-state index contributed by atoms with van der Waals surface area (Å²) in [4.78, 5) is 4.03. The molecule has 0 aromatic rings. The lowest BCUT2D eigenvalue weighted by molar-refractivity contribution is -0.188. The number of rotatable bonds is 5. The highest BCUT2D eigenvalue weighted by Gasteiger charge is 2.50. The predicted octanol–water partition coefficient (Wildman–Crippen LogP) is 0.0651. The highest BCUT2D eigenvalue weighted by Crippen LogP contribution is 2.35. The number of aliphatic hydroxyl groups is 3. The van der Waals surface area contributed by atoms with Crippen molar-refractivity contribution in [3.63, 3.8) is 0 Å². The van der Waals surface area contributed by atoms with Crippen molar-refractivity contribution in [3.8, 4) is 0 Å². The van der Waals surface area contributed by atoms with Crippen LogP contribution < -0.4 is 5.32 Å². The van der Waals surface area contributed by atoms with E-state index >= 15 is 0 Å². The SMILES string of the molecule is CCCCCC(O)C1OC2SC(=NC)NC2C(O)C1O. The van der Waals surface area contributed by atoms with Gasteiger partial charge in [0.25, 0.3) is 0 Å². The Morgan fingerprint density at radius 3 is 2.75 bits per heavy atom. The third-order valence-corrected chi connectivity index (χ3v) is 5.00. The molecule has 2 fully saturated rings. The minimum atomic E-state index is -1.09. The van der Waals surface area contributed by atoms with Crippen molar-refractivity contribution < 1.29 is 20.1 Å². The maximum atomic E-state index is 10.2. The van der Waals surface area contributed by atoms with Crippen LogP contribution >= 0.6 is 11.8 Å². The summed E-state index contributed by atoms with van der Waals surface area (Å²) < 4.78 is 5.78. The molecule has 2 aliphatic rings. The third kappa shape index (κ3) is 3.28. The zero-order valence-corrected chi connectivity index (χ0v) is 12.7. The van der Waals surface area contributed by atoms with Crippen LogP contribution in [0.1, 0.15) is 32.6 Å². The number of aliphatic hydroxyl groups excluding tert-OH is 3. The summed E-state index contributed by atoms with van der Waals surface area (Å²) in [6, 6.07) is -0.382. The minimum Gasteiger partial charge on any atom is -0.390 e. The van der Waals surface area contributed by atoms with Crippen LogP contribution in [0.3, 0.4) is 0 Å². The number of hydrogen-bond acceptors (Lipinski definition) is 6. The van der Waals surface area contributed by atoms with E-state index in [1.165, 1.54) is 11.8 Å². The molecular weight excluding hydrogens is 280 g/mol. The monoisotopic (exact) mass is 304 g/mol. The number of amidine groups is 1. The largest absolute Gasteiger partial charge is 0.390 e. The van der Waals surface area contributed by atoms with Crippen molar-refractivity contribution in [1.29, 1.82) is 0 Å². The second kappa shape index (κ2) is 7.09. The van der Waals surface area contributed by atoms with E-state index in [4.69, 9.17) is 4.74 Å². The van der Waals surface area contributed by atoms with Gasteiger partial charge in [-0.25, -0.2) is 0 Å². The zero-order valence-electron chi connectivity index (χ0n) is 11.9. The Morgan fingerprint density at radius 1 is 1.35 bits per heavy atom. The molecule has 116 valence electrons. The Morgan fingerprint density at radius 2 is 2.10 bits per heavy atom. The first-order valence-electron chi connectivity index (χ1n) is 7.18. The predicted molar refractivity (Wildman–Crippen MR) is 78.7 cm³/mol. The summed E-state index contributed by atoms with van der Waals surface area (Å²) in [5, 5.41) is 34.2. The van der Waals surface area contributed by atoms with Gasteiger partial charge in [0, 0.05) is 7.05 Å². The minimum absolute atomic E-state index is 0.321. The van der Waals surface area contributed by atoms with Crippen LogP contribution in [0, 0.1) is 0 Å². The molecule has 0 bridgehead atoms. The molecule has 0 aromatic carbocycles. The van der Waals surface area contributed by atoms with Crippen molar-refractivity contribution in [2.75, 3.05) is 7.05 Å². The second-order valence-corrected chi connectivity index (χ2v) is 6.42. The Hall–Kier alpha value is -0.340. The topological polar surface area (TPSA) is 94.3 Å². The van der Waals surface area contributed by atoms with Crippen LogP contribution in [0.2, 0.25) is 0 Å². The fraction of sp³-hybridized carbons (Fsp3) is 0.923. The summed E-state index contributed by atoms with van der Waals surface area (Å²) >= 11 is 1.38. The van der Waals surface area contributed by atoms with Crippen LogP contribution in [0.25, 0.3) is 0 Å². The number of aliphatic imine (C=N–C) groups is 1. The summed E-state index contributed by atoms with van der Waals surface area (Å²) in [7, 11) is 1.66. The molecule has 0 saturated carbocycles. The van der Waals surface area contributed by atoms with Crippen molar-refractivity contribution in [3.05, 3.63) is 0 Å². The molecule has 2 aliphatic heterocycles. The Bertz CT molecular complexity index is 355. The van der Waals surface area contributed by atoms with Crippen molar-refractivity contribution in [2.24, 2.45) is 4.99 Å². The van der Waals surface area contributed by atoms with Gasteiger partial charge < -0.3 is 25.4 Å². The van der Waals surface area contributed by atoms with Gasteiger partial charge in [0.2, 0.25) is 0 Å². The van der Waals surface area contributed by atoms with Gasteiger partial charge in [0.15, 0.2) is 5.17 Å². The van der Waals surface area contributed by atoms with Crippen LogP contribution in [0.5, 0.6) is 0 Å². The normalized spacial score (nSPS) is 40.5. The quantitative estimate of drug-likeness (QED) is 0.537. The van der Waals surface area contributed by atoms with Gasteiger partial charge in [-0.1, -0.05) is 37.9 Å². The van der Waals surface area contributed by atoms with E-state index in [0.717, 1.165) is 19.3 Å². The summed E-state index contributed by atoms with van der Waals surface area (Å²) in [5.74, 6) is 0. The number of ether oxygens (including phenoxy) is 1. The van der Waals surface area contributed by atoms with E-state index in [-0.39, 0.29) is 11.5 Å². The van der Waals surface area contributed by atoms with Gasteiger partial charge in [-0.15, -0.1) is 0 Å². The number of unbranched alkanes of at least 4 members (excludes halogenated alkanes) is 2. The Kier molecular flexibility index (Phi) is 5.68. The van der Waals surface area contributed by atoms with Crippen LogP contribution in [-0.4, -0.2) is 63.4 Å². The fourth-order valence-electron chi connectivity index (χ4n) is 2.63. The van der Waals surface area contributed by atoms with Crippen molar-refractivity contribution in [1.82, 2.24) is 5.32 Å². The summed E-state index contributed by atoms with van der Waals surface area (Å²) in [6.45, 7) is 2.10. The van der Waals surface area contributed by atoms with Crippen molar-refractivity contribution >= 4 is 16.9 Å². The summed E-state index contributed by atoms with van der Waals surface area (Å²) in [6.07, 6.45) is 0.0304. The molecule has 6 atom stereocenters. The third-order valence-electron chi connectivity index (χ3n) is 3.84. The lowest BCUT2D eigenvalue weighted by Gasteiger charge is -2.40. The molecule has 2 saturated heterocycles. The molecule has 2 heterocycles. The standard InChI is InChI=1S/C13H24N2O4S/c1-3-4-5-6-7(16)11-10(18)9(17)8-12(19-11)20-13(14-2)15-8/h7-12,16-18H,3-6H2,1-2H3,(H,14,15). The Labute approximate surface area is 123 Å². The van der Waals surface area contributed by atoms with Gasteiger partial charge in [-0.2, -0.15) is 0 Å². The van der Waals surface area contributed by atoms with E-state index in [1.807, 2.05) is 0 Å². The molecule has 0 radical (unpaired) electrons. The first-order valence-corrected chi connectivity index (χ1v) is 8.06. The molecule has 0 amide bonds.